The van der Waals surface area contributed by atoms with Crippen LogP contribution < -0.4 is 5.32 Å². The van der Waals surface area contributed by atoms with Gasteiger partial charge in [-0.1, -0.05) is 50.2 Å². The number of nitrogens with one attached hydrogen (secondary N) is 1. The van der Waals surface area contributed by atoms with Crippen LogP contribution in [0.4, 0.5) is 0 Å². The maximum absolute atomic E-state index is 13.4. The van der Waals surface area contributed by atoms with E-state index >= 15 is 0 Å². The molecule has 5 nitrogen and oxygen atoms in total. The Morgan fingerprint density at radius 3 is 2.32 bits per heavy atom. The second-order valence-corrected chi connectivity index (χ2v) is 9.17. The third-order valence-electron chi connectivity index (χ3n) is 6.39. The van der Waals surface area contributed by atoms with Crippen LogP contribution >= 0.6 is 0 Å². The summed E-state index contributed by atoms with van der Waals surface area (Å²) in [7, 11) is 1.34. The van der Waals surface area contributed by atoms with Crippen molar-refractivity contribution in [3.8, 4) is 0 Å². The van der Waals surface area contributed by atoms with Crippen LogP contribution in [-0.4, -0.2) is 24.6 Å². The second-order valence-electron chi connectivity index (χ2n) is 9.17. The zero-order chi connectivity index (χ0) is 21.9. The minimum Gasteiger partial charge on any atom is -0.465 e. The molecule has 0 amide bonds. The van der Waals surface area contributed by atoms with Gasteiger partial charge in [-0.05, 0) is 29.5 Å². The average Bonchev–Trinajstić information content (AvgIpc) is 3.03. The molecule has 1 N–H and O–H groups in total. The quantitative estimate of drug-likeness (QED) is 0.739. The number of methoxy groups -OCH3 is 1. The molecule has 2 aromatic rings. The van der Waals surface area contributed by atoms with Crippen molar-refractivity contribution in [1.29, 1.82) is 0 Å². The third-order valence-corrected chi connectivity index (χ3v) is 6.39. The number of Topliss-reactive ketones (excluding diaryl/α,β-unsaturated/α-hetero) is 2. The van der Waals surface area contributed by atoms with E-state index in [0.29, 0.717) is 28.7 Å². The topological polar surface area (TPSA) is 72.5 Å². The maximum Gasteiger partial charge on any atom is 0.337 e. The molecule has 3 aliphatic rings. The molecule has 2 aromatic carbocycles. The van der Waals surface area contributed by atoms with Crippen molar-refractivity contribution in [1.82, 2.24) is 5.32 Å². The molecule has 1 unspecified atom stereocenters. The number of rotatable bonds is 2. The highest BCUT2D eigenvalue weighted by atomic mass is 16.5. The molecule has 1 heterocycles. The van der Waals surface area contributed by atoms with Crippen molar-refractivity contribution in [3.05, 3.63) is 87.6 Å². The van der Waals surface area contributed by atoms with Crippen LogP contribution in [0, 0.1) is 5.41 Å². The summed E-state index contributed by atoms with van der Waals surface area (Å²) in [6, 6.07) is 14.6. The van der Waals surface area contributed by atoms with Crippen molar-refractivity contribution >= 4 is 23.2 Å². The monoisotopic (exact) mass is 413 g/mol. The molecule has 0 bridgehead atoms. The number of carbonyl (C=O) groups is 3. The van der Waals surface area contributed by atoms with Crippen LogP contribution in [0.3, 0.4) is 0 Å². The first kappa shape index (κ1) is 19.5. The second kappa shape index (κ2) is 6.77. The SMILES string of the molecule is COC(=O)c1ccc(C2C3=C(CC(C)(C)CC3=O)NC3=C2C(=O)c2ccccc23)cc1. The molecule has 1 aliphatic heterocycles. The summed E-state index contributed by atoms with van der Waals surface area (Å²) in [4.78, 5) is 38.6. The van der Waals surface area contributed by atoms with Gasteiger partial charge in [-0.3, -0.25) is 9.59 Å². The molecule has 5 heteroatoms. The number of ether oxygens (including phenoxy) is 1. The highest BCUT2D eigenvalue weighted by Crippen LogP contribution is 2.51. The molecule has 0 saturated carbocycles. The first-order valence-corrected chi connectivity index (χ1v) is 10.4. The Morgan fingerprint density at radius 1 is 0.968 bits per heavy atom. The Labute approximate surface area is 180 Å². The van der Waals surface area contributed by atoms with Gasteiger partial charge in [-0.25, -0.2) is 4.79 Å². The summed E-state index contributed by atoms with van der Waals surface area (Å²) < 4.78 is 4.80. The number of hydrogen-bond acceptors (Lipinski definition) is 5. The van der Waals surface area contributed by atoms with Crippen molar-refractivity contribution in [2.24, 2.45) is 5.41 Å². The zero-order valence-electron chi connectivity index (χ0n) is 17.7. The zero-order valence-corrected chi connectivity index (χ0v) is 17.7. The molecule has 0 fully saturated rings. The molecule has 31 heavy (non-hydrogen) atoms. The van der Waals surface area contributed by atoms with Crippen molar-refractivity contribution in [2.45, 2.75) is 32.6 Å². The fraction of sp³-hybridized carbons (Fsp3) is 0.269. The van der Waals surface area contributed by atoms with Gasteiger partial charge in [0.25, 0.3) is 0 Å². The van der Waals surface area contributed by atoms with E-state index in [1.165, 1.54) is 7.11 Å². The van der Waals surface area contributed by atoms with Gasteiger partial charge >= 0.3 is 5.97 Å². The predicted octanol–water partition coefficient (Wildman–Crippen LogP) is 4.41. The van der Waals surface area contributed by atoms with E-state index in [4.69, 9.17) is 4.74 Å². The van der Waals surface area contributed by atoms with E-state index in [1.54, 1.807) is 12.1 Å². The first-order chi connectivity index (χ1) is 14.8. The van der Waals surface area contributed by atoms with E-state index in [-0.39, 0.29) is 17.0 Å². The van der Waals surface area contributed by atoms with Gasteiger partial charge in [0.2, 0.25) is 0 Å². The van der Waals surface area contributed by atoms with Crippen molar-refractivity contribution < 1.29 is 19.1 Å². The van der Waals surface area contributed by atoms with Gasteiger partial charge in [0, 0.05) is 40.3 Å². The van der Waals surface area contributed by atoms with Gasteiger partial charge in [-0.15, -0.1) is 0 Å². The van der Waals surface area contributed by atoms with Crippen molar-refractivity contribution in [2.75, 3.05) is 7.11 Å². The number of allylic oxidation sites excluding steroid dienone is 3. The summed E-state index contributed by atoms with van der Waals surface area (Å²) in [6.07, 6.45) is 1.17. The van der Waals surface area contributed by atoms with Gasteiger partial charge in [0.05, 0.1) is 18.4 Å². The maximum atomic E-state index is 13.4. The minimum absolute atomic E-state index is 0.0515. The number of benzene rings is 2. The standard InChI is InChI=1S/C26H23NO4/c1-26(2)12-18-21(19(28)13-26)20(14-8-10-15(11-9-14)25(30)31-3)22-23(27-18)16-6-4-5-7-17(16)24(22)29/h4-11,20,27H,12-13H2,1-3H3. The third kappa shape index (κ3) is 2.95. The highest BCUT2D eigenvalue weighted by Gasteiger charge is 2.46. The molecule has 0 saturated heterocycles. The van der Waals surface area contributed by atoms with Crippen LogP contribution in [0.5, 0.6) is 0 Å². The van der Waals surface area contributed by atoms with E-state index in [1.807, 2.05) is 36.4 Å². The van der Waals surface area contributed by atoms with E-state index in [2.05, 4.69) is 19.2 Å². The number of dihydropyridines is 1. The Balaban J connectivity index is 1.69. The number of esters is 1. The average molecular weight is 413 g/mol. The summed E-state index contributed by atoms with van der Waals surface area (Å²) in [5, 5.41) is 3.47. The molecule has 1 atom stereocenters. The Kier molecular flexibility index (Phi) is 4.26. The van der Waals surface area contributed by atoms with Crippen molar-refractivity contribution in [3.63, 3.8) is 0 Å². The predicted molar refractivity (Wildman–Crippen MR) is 116 cm³/mol. The Morgan fingerprint density at radius 2 is 1.65 bits per heavy atom. The van der Waals surface area contributed by atoms with Crippen LogP contribution in [0.2, 0.25) is 0 Å². The molecule has 0 spiro atoms. The first-order valence-electron chi connectivity index (χ1n) is 10.4. The van der Waals surface area contributed by atoms with E-state index in [9.17, 15) is 14.4 Å². The van der Waals surface area contributed by atoms with E-state index < -0.39 is 11.9 Å². The normalized spacial score (nSPS) is 21.3. The largest absolute Gasteiger partial charge is 0.465 e. The summed E-state index contributed by atoms with van der Waals surface area (Å²) in [5.41, 5.74) is 5.61. The fourth-order valence-electron chi connectivity index (χ4n) is 5.05. The van der Waals surface area contributed by atoms with Crippen LogP contribution in [0.25, 0.3) is 5.70 Å². The number of hydrogen-bond donors (Lipinski definition) is 1. The molecule has 5 rings (SSSR count). The van der Waals surface area contributed by atoms with E-state index in [0.717, 1.165) is 28.9 Å². The number of ketones is 2. The smallest absolute Gasteiger partial charge is 0.337 e. The fourth-order valence-corrected chi connectivity index (χ4v) is 5.05. The lowest BCUT2D eigenvalue weighted by atomic mass is 9.68. The lowest BCUT2D eigenvalue weighted by Crippen LogP contribution is -2.37. The summed E-state index contributed by atoms with van der Waals surface area (Å²) >= 11 is 0. The number of fused-ring (bicyclic) bond motifs is 2. The summed E-state index contributed by atoms with van der Waals surface area (Å²) in [5.74, 6) is -0.863. The molecular weight excluding hydrogens is 390 g/mol. The minimum atomic E-state index is -0.457. The highest BCUT2D eigenvalue weighted by molar-refractivity contribution is 6.23. The van der Waals surface area contributed by atoms with Gasteiger partial charge in [-0.2, -0.15) is 0 Å². The lowest BCUT2D eigenvalue weighted by molar-refractivity contribution is -0.118. The molecule has 0 aromatic heterocycles. The van der Waals surface area contributed by atoms with Crippen LogP contribution in [0.1, 0.15) is 64.4 Å². The molecule has 0 radical (unpaired) electrons. The Hall–Kier alpha value is -3.47. The van der Waals surface area contributed by atoms with Crippen LogP contribution in [-0.2, 0) is 9.53 Å². The lowest BCUT2D eigenvalue weighted by Gasteiger charge is -2.39. The van der Waals surface area contributed by atoms with Gasteiger partial charge in [0.1, 0.15) is 0 Å². The summed E-state index contributed by atoms with van der Waals surface area (Å²) in [6.45, 7) is 4.18. The van der Waals surface area contributed by atoms with Crippen LogP contribution in [0.15, 0.2) is 65.4 Å². The van der Waals surface area contributed by atoms with Gasteiger partial charge < -0.3 is 10.1 Å². The molecular formula is C26H23NO4. The Bertz CT molecular complexity index is 1210. The number of carbonyl (C=O) groups excluding carboxylic acids is 3. The molecule has 2 aliphatic carbocycles. The molecule has 156 valence electrons. The van der Waals surface area contributed by atoms with Gasteiger partial charge in [0.15, 0.2) is 11.6 Å².